The second kappa shape index (κ2) is 13.2. The van der Waals surface area contributed by atoms with Crippen LogP contribution in [-0.4, -0.2) is 46.5 Å². The molecule has 1 aromatic carbocycles. The maximum absolute atomic E-state index is 14.1. The number of nitrogens with one attached hydrogen (secondary N) is 2. The highest BCUT2D eigenvalue weighted by Crippen LogP contribution is 2.29. The molecule has 0 radical (unpaired) electrons. The highest BCUT2D eigenvalue weighted by molar-refractivity contribution is 7.79. The lowest BCUT2D eigenvalue weighted by molar-refractivity contribution is -0.118. The first kappa shape index (κ1) is 29.1. The maximum Gasteiger partial charge on any atom is 0.266 e. The van der Waals surface area contributed by atoms with E-state index in [-0.39, 0.29) is 23.9 Å². The molecule has 1 atom stereocenters. The lowest BCUT2D eigenvalue weighted by Gasteiger charge is -2.28. The Bertz CT molecular complexity index is 1000. The zero-order valence-electron chi connectivity index (χ0n) is 19.2. The van der Waals surface area contributed by atoms with Gasteiger partial charge in [-0.1, -0.05) is 25.1 Å². The molecular weight excluding hydrogens is 513 g/mol. The van der Waals surface area contributed by atoms with Gasteiger partial charge in [-0.05, 0) is 30.8 Å². The Hall–Kier alpha value is -2.18. The molecule has 0 saturated carbocycles. The fraction of sp³-hybridized carbons (Fsp3) is 0.500. The lowest BCUT2D eigenvalue weighted by Crippen LogP contribution is -2.44. The first-order valence-electron chi connectivity index (χ1n) is 10.7. The van der Waals surface area contributed by atoms with Crippen LogP contribution in [0, 0.1) is 11.7 Å². The van der Waals surface area contributed by atoms with Crippen molar-refractivity contribution in [3.63, 3.8) is 0 Å². The molecule has 35 heavy (non-hydrogen) atoms. The highest BCUT2D eigenvalue weighted by atomic mass is 35.5. The van der Waals surface area contributed by atoms with Crippen molar-refractivity contribution in [3.8, 4) is 0 Å². The van der Waals surface area contributed by atoms with Crippen LogP contribution in [0.15, 0.2) is 18.2 Å². The van der Waals surface area contributed by atoms with Crippen molar-refractivity contribution in [2.45, 2.75) is 45.3 Å². The second-order valence-corrected chi connectivity index (χ2v) is 8.22. The van der Waals surface area contributed by atoms with E-state index in [1.807, 2.05) is 0 Å². The first-order chi connectivity index (χ1) is 16.6. The SMILES string of the molecule is CC1CCNCC1(F)F.CS.O=CN1Cc2nc(Cl)nc(NCc3cccc(C(F)F)c3F)c2C1. The molecule has 1 unspecified atom stereocenters. The van der Waals surface area contributed by atoms with Crippen LogP contribution in [0.1, 0.15) is 42.2 Å². The van der Waals surface area contributed by atoms with Crippen LogP contribution in [0.3, 0.4) is 0 Å². The average Bonchev–Trinajstić information content (AvgIpc) is 3.25. The molecule has 0 spiro atoms. The van der Waals surface area contributed by atoms with E-state index in [0.29, 0.717) is 43.0 Å². The number of aromatic nitrogens is 2. The van der Waals surface area contributed by atoms with Crippen molar-refractivity contribution in [1.29, 1.82) is 0 Å². The number of thiol groups is 1. The van der Waals surface area contributed by atoms with E-state index in [1.165, 1.54) is 17.0 Å². The smallest absolute Gasteiger partial charge is 0.266 e. The molecule has 4 rings (SSSR count). The summed E-state index contributed by atoms with van der Waals surface area (Å²) in [6, 6.07) is 3.83. The number of carbonyl (C=O) groups excluding carboxylic acids is 1. The van der Waals surface area contributed by atoms with Crippen molar-refractivity contribution >= 4 is 36.5 Å². The molecule has 13 heteroatoms. The maximum atomic E-state index is 14.1. The molecule has 0 aliphatic carbocycles. The molecule has 194 valence electrons. The van der Waals surface area contributed by atoms with E-state index < -0.39 is 29.6 Å². The molecule has 2 aromatic rings. The Kier molecular flexibility index (Phi) is 11.0. The number of piperidine rings is 1. The number of hydrogen-bond donors (Lipinski definition) is 3. The molecule has 1 amide bonds. The van der Waals surface area contributed by atoms with Gasteiger partial charge in [0.2, 0.25) is 11.7 Å². The molecular formula is C22H27ClF5N5OS. The van der Waals surface area contributed by atoms with Crippen LogP contribution >= 0.6 is 24.2 Å². The zero-order chi connectivity index (χ0) is 26.2. The van der Waals surface area contributed by atoms with E-state index in [0.717, 1.165) is 12.6 Å². The Balaban J connectivity index is 0.000000329. The summed E-state index contributed by atoms with van der Waals surface area (Å²) < 4.78 is 64.6. The van der Waals surface area contributed by atoms with Crippen LogP contribution in [-0.2, 0) is 24.4 Å². The number of carbonyl (C=O) groups is 1. The van der Waals surface area contributed by atoms with Gasteiger partial charge in [0.25, 0.3) is 12.3 Å². The van der Waals surface area contributed by atoms with Gasteiger partial charge in [-0.2, -0.15) is 12.6 Å². The molecule has 6 nitrogen and oxygen atoms in total. The number of rotatable bonds is 5. The van der Waals surface area contributed by atoms with Gasteiger partial charge in [0.1, 0.15) is 11.6 Å². The minimum absolute atomic E-state index is 0.00852. The van der Waals surface area contributed by atoms with Crippen LogP contribution in [0.5, 0.6) is 0 Å². The lowest BCUT2D eigenvalue weighted by atomic mass is 9.97. The van der Waals surface area contributed by atoms with Crippen LogP contribution in [0.2, 0.25) is 5.28 Å². The Morgan fingerprint density at radius 3 is 2.60 bits per heavy atom. The van der Waals surface area contributed by atoms with Gasteiger partial charge in [0, 0.05) is 23.6 Å². The first-order valence-corrected chi connectivity index (χ1v) is 12.0. The van der Waals surface area contributed by atoms with Crippen LogP contribution in [0.25, 0.3) is 0 Å². The number of anilines is 1. The molecule has 2 aliphatic rings. The largest absolute Gasteiger partial charge is 0.365 e. The van der Waals surface area contributed by atoms with E-state index in [9.17, 15) is 26.7 Å². The molecule has 2 aliphatic heterocycles. The third kappa shape index (κ3) is 7.65. The van der Waals surface area contributed by atoms with E-state index in [4.69, 9.17) is 11.6 Å². The molecule has 1 aromatic heterocycles. The van der Waals surface area contributed by atoms with Gasteiger partial charge >= 0.3 is 0 Å². The van der Waals surface area contributed by atoms with Crippen molar-refractivity contribution in [3.05, 3.63) is 51.7 Å². The van der Waals surface area contributed by atoms with E-state index in [1.54, 1.807) is 13.2 Å². The quantitative estimate of drug-likeness (QED) is 0.214. The van der Waals surface area contributed by atoms with E-state index in [2.05, 4.69) is 33.2 Å². The second-order valence-electron chi connectivity index (χ2n) is 7.88. The molecule has 1 saturated heterocycles. The van der Waals surface area contributed by atoms with Gasteiger partial charge in [0.15, 0.2) is 0 Å². The fourth-order valence-corrected chi connectivity index (χ4v) is 3.70. The summed E-state index contributed by atoms with van der Waals surface area (Å²) >= 11 is 9.38. The highest BCUT2D eigenvalue weighted by Gasteiger charge is 2.38. The monoisotopic (exact) mass is 539 g/mol. The summed E-state index contributed by atoms with van der Waals surface area (Å²) in [5.41, 5.74) is 0.720. The third-order valence-electron chi connectivity index (χ3n) is 5.55. The van der Waals surface area contributed by atoms with Crippen molar-refractivity contribution in [2.24, 2.45) is 5.92 Å². The van der Waals surface area contributed by atoms with Crippen LogP contribution in [0.4, 0.5) is 27.8 Å². The Morgan fingerprint density at radius 2 is 2.03 bits per heavy atom. The number of alkyl halides is 4. The predicted octanol–water partition coefficient (Wildman–Crippen LogP) is 5.09. The van der Waals surface area contributed by atoms with E-state index >= 15 is 0 Å². The van der Waals surface area contributed by atoms with Gasteiger partial charge in [0.05, 0.1) is 30.9 Å². The van der Waals surface area contributed by atoms with Crippen molar-refractivity contribution in [1.82, 2.24) is 20.2 Å². The summed E-state index contributed by atoms with van der Waals surface area (Å²) in [4.78, 5) is 20.5. The van der Waals surface area contributed by atoms with Gasteiger partial charge in [-0.15, -0.1) is 0 Å². The predicted molar refractivity (Wildman–Crippen MR) is 128 cm³/mol. The molecule has 1 fully saturated rings. The molecule has 3 heterocycles. The third-order valence-corrected chi connectivity index (χ3v) is 5.72. The Morgan fingerprint density at radius 1 is 1.31 bits per heavy atom. The number of nitrogens with zero attached hydrogens (tertiary/aromatic N) is 3. The summed E-state index contributed by atoms with van der Waals surface area (Å²) in [6.45, 7) is 2.75. The minimum atomic E-state index is -2.89. The van der Waals surface area contributed by atoms with Gasteiger partial charge in [-0.3, -0.25) is 4.79 Å². The molecule has 2 N–H and O–H groups in total. The fourth-order valence-electron chi connectivity index (χ4n) is 3.51. The van der Waals surface area contributed by atoms with Crippen molar-refractivity contribution in [2.75, 3.05) is 24.7 Å². The normalized spacial score (nSPS) is 18.1. The summed E-state index contributed by atoms with van der Waals surface area (Å²) in [7, 11) is 0. The number of benzene rings is 1. The minimum Gasteiger partial charge on any atom is -0.365 e. The number of hydrogen-bond acceptors (Lipinski definition) is 6. The summed E-state index contributed by atoms with van der Waals surface area (Å²) in [5, 5.41) is 5.54. The van der Waals surface area contributed by atoms with Gasteiger partial charge in [-0.25, -0.2) is 31.9 Å². The number of amides is 1. The number of halogens is 6. The summed E-state index contributed by atoms with van der Waals surface area (Å²) in [6.07, 6.45) is 0.0850. The average molecular weight is 540 g/mol. The zero-order valence-corrected chi connectivity index (χ0v) is 20.8. The topological polar surface area (TPSA) is 70.2 Å². The standard InChI is InChI=1S/C15H12ClF3N4O.C6H11F2N.CH4S/c16-15-21-11-6-23(7-24)5-10(11)14(22-15)20-4-8-2-1-3-9(12(8)17)13(18)19;1-5-2-3-9-4-6(5,7)8;1-2/h1-3,7,13H,4-6H2,(H,20,21,22);5,9H,2-4H2,1H3;2H,1H3. The number of fused-ring (bicyclic) bond motifs is 1. The summed E-state index contributed by atoms with van der Waals surface area (Å²) in [5.74, 6) is -3.51. The Labute approximate surface area is 211 Å². The van der Waals surface area contributed by atoms with Crippen molar-refractivity contribution < 1.29 is 26.7 Å². The van der Waals surface area contributed by atoms with Gasteiger partial charge < -0.3 is 15.5 Å². The van der Waals surface area contributed by atoms with Crippen LogP contribution < -0.4 is 10.6 Å². The molecule has 0 bridgehead atoms.